The molecule has 262 valence electrons. The minimum atomic E-state index is 0.329. The Hall–Kier alpha value is -1.30. The summed E-state index contributed by atoms with van der Waals surface area (Å²) in [6, 6.07) is 0. The molecule has 1 atom stereocenters. The summed E-state index contributed by atoms with van der Waals surface area (Å²) in [4.78, 5) is 0. The highest BCUT2D eigenvalue weighted by Crippen LogP contribution is 2.41. The van der Waals surface area contributed by atoms with E-state index in [1.807, 2.05) is 46.8 Å². The summed E-state index contributed by atoms with van der Waals surface area (Å²) in [6.45, 7) is 42.5. The van der Waals surface area contributed by atoms with Crippen LogP contribution in [0.15, 0.2) is 60.3 Å². The lowest BCUT2D eigenvalue weighted by Gasteiger charge is -2.37. The molecule has 2 fully saturated rings. The van der Waals surface area contributed by atoms with E-state index in [0.29, 0.717) is 5.41 Å². The van der Waals surface area contributed by atoms with Crippen molar-refractivity contribution in [3.63, 3.8) is 0 Å². The van der Waals surface area contributed by atoms with Gasteiger partial charge in [-0.2, -0.15) is 0 Å². The van der Waals surface area contributed by atoms with Gasteiger partial charge in [0.05, 0.1) is 0 Å². The molecule has 0 heterocycles. The van der Waals surface area contributed by atoms with Crippen LogP contribution < -0.4 is 0 Å². The minimum Gasteiger partial charge on any atom is -0.103 e. The van der Waals surface area contributed by atoms with Crippen molar-refractivity contribution in [1.82, 2.24) is 0 Å². The summed E-state index contributed by atoms with van der Waals surface area (Å²) in [7, 11) is 0. The molecule has 44 heavy (non-hydrogen) atoms. The zero-order valence-electron chi connectivity index (χ0n) is 33.7. The van der Waals surface area contributed by atoms with E-state index in [9.17, 15) is 0 Å². The second-order valence-corrected chi connectivity index (χ2v) is 14.6. The highest BCUT2D eigenvalue weighted by atomic mass is 14.3. The Labute approximate surface area is 282 Å². The number of rotatable bonds is 10. The van der Waals surface area contributed by atoms with Gasteiger partial charge in [-0.25, -0.2) is 0 Å². The van der Waals surface area contributed by atoms with Crippen LogP contribution in [-0.4, -0.2) is 0 Å². The first kappa shape index (κ1) is 49.6. The van der Waals surface area contributed by atoms with Crippen LogP contribution in [0.3, 0.4) is 0 Å². The molecule has 2 aliphatic carbocycles. The normalized spacial score (nSPS) is 21.9. The molecule has 0 aliphatic heterocycles. The molecule has 0 nitrogen and oxygen atoms in total. The standard InChI is InChI=1S/C21H38.C8H16.C6H10.C4H10.C3H6.C2H6/c1-8-9-10-16(2)11-19(5)21(6,7)15-18(4)14-20-12-17(3)13-20;1-7-3-5-8(2)6-4-7;1-4-5-6(2)3;1-3-4-2;1-3-2;1-2/h10-11,17-18,20H,8-9,12-15H2,1-7H3;7-8H,3-6H2,1-2H3;4-5H,2H2,1,3H3;3-4H2,1-2H3;3H,1H2,2H3;1-2H3/b16-10-,19-11-;;5-4+;;;. The maximum absolute atomic E-state index is 3.66. The Kier molecular flexibility index (Phi) is 37.3. The molecule has 2 aliphatic rings. The van der Waals surface area contributed by atoms with Gasteiger partial charge >= 0.3 is 0 Å². The van der Waals surface area contributed by atoms with Crippen molar-refractivity contribution in [3.8, 4) is 0 Å². The lowest BCUT2D eigenvalue weighted by molar-refractivity contribution is 0.161. The zero-order chi connectivity index (χ0) is 35.1. The molecule has 0 aromatic rings. The highest BCUT2D eigenvalue weighted by molar-refractivity contribution is 5.24. The van der Waals surface area contributed by atoms with Crippen LogP contribution in [0.4, 0.5) is 0 Å². The van der Waals surface area contributed by atoms with Crippen molar-refractivity contribution in [2.24, 2.45) is 35.0 Å². The molecule has 0 aromatic carbocycles. The van der Waals surface area contributed by atoms with Crippen molar-refractivity contribution >= 4 is 0 Å². The van der Waals surface area contributed by atoms with E-state index < -0.39 is 0 Å². The summed E-state index contributed by atoms with van der Waals surface area (Å²) >= 11 is 0. The van der Waals surface area contributed by atoms with Crippen molar-refractivity contribution in [2.45, 2.75) is 188 Å². The Bertz CT molecular complexity index is 701. The average Bonchev–Trinajstić information content (AvgIpc) is 2.94. The summed E-state index contributed by atoms with van der Waals surface area (Å²) in [5.74, 6) is 4.89. The summed E-state index contributed by atoms with van der Waals surface area (Å²) in [5.41, 5.74) is 4.41. The molecule has 0 spiro atoms. The van der Waals surface area contributed by atoms with Crippen molar-refractivity contribution in [3.05, 3.63) is 60.3 Å². The fourth-order valence-electron chi connectivity index (χ4n) is 5.63. The van der Waals surface area contributed by atoms with E-state index >= 15 is 0 Å². The third-order valence-corrected chi connectivity index (χ3v) is 8.59. The smallest absolute Gasteiger partial charge is 0.0142 e. The van der Waals surface area contributed by atoms with Crippen LogP contribution in [0.5, 0.6) is 0 Å². The molecule has 1 unspecified atom stereocenters. The molecular weight excluding hydrogens is 528 g/mol. The van der Waals surface area contributed by atoms with Crippen molar-refractivity contribution in [1.29, 1.82) is 0 Å². The zero-order valence-corrected chi connectivity index (χ0v) is 33.7. The molecule has 2 saturated carbocycles. The maximum atomic E-state index is 3.66. The molecule has 0 heteroatoms. The van der Waals surface area contributed by atoms with E-state index in [0.717, 1.165) is 35.2 Å². The van der Waals surface area contributed by atoms with E-state index in [4.69, 9.17) is 0 Å². The monoisotopic (exact) mass is 615 g/mol. The molecule has 0 amide bonds. The Morgan fingerprint density at radius 3 is 1.55 bits per heavy atom. The Balaban J connectivity index is -0.000000283. The highest BCUT2D eigenvalue weighted by Gasteiger charge is 2.29. The second-order valence-electron chi connectivity index (χ2n) is 14.6. The van der Waals surface area contributed by atoms with Crippen LogP contribution in [0.25, 0.3) is 0 Å². The van der Waals surface area contributed by atoms with Crippen molar-refractivity contribution < 1.29 is 0 Å². The van der Waals surface area contributed by atoms with E-state index in [1.54, 1.807) is 11.6 Å². The van der Waals surface area contributed by atoms with E-state index in [1.165, 1.54) is 82.6 Å². The van der Waals surface area contributed by atoms with Gasteiger partial charge < -0.3 is 0 Å². The molecule has 0 radical (unpaired) electrons. The fraction of sp³-hybridized carbons (Fsp3) is 0.773. The summed E-state index contributed by atoms with van der Waals surface area (Å²) in [5, 5.41) is 0. The largest absolute Gasteiger partial charge is 0.103 e. The second kappa shape index (κ2) is 33.1. The van der Waals surface area contributed by atoms with Gasteiger partial charge in [-0.1, -0.05) is 175 Å². The Morgan fingerprint density at radius 2 is 1.25 bits per heavy atom. The third kappa shape index (κ3) is 33.6. The predicted molar refractivity (Wildman–Crippen MR) is 211 cm³/mol. The number of allylic oxidation sites excluding steroid dienone is 8. The number of unbranched alkanes of at least 4 members (excludes halogenated alkanes) is 2. The first-order chi connectivity index (χ1) is 20.6. The van der Waals surface area contributed by atoms with Gasteiger partial charge in [0, 0.05) is 0 Å². The minimum absolute atomic E-state index is 0.329. The quantitative estimate of drug-likeness (QED) is 0.170. The van der Waals surface area contributed by atoms with Crippen LogP contribution in [0.2, 0.25) is 0 Å². The van der Waals surface area contributed by atoms with E-state index in [-0.39, 0.29) is 0 Å². The summed E-state index contributed by atoms with van der Waals surface area (Å²) < 4.78 is 0. The van der Waals surface area contributed by atoms with Crippen LogP contribution >= 0.6 is 0 Å². The summed E-state index contributed by atoms with van der Waals surface area (Å²) in [6.07, 6.45) is 27.2. The lowest BCUT2D eigenvalue weighted by Crippen LogP contribution is -2.25. The molecule has 0 bridgehead atoms. The van der Waals surface area contributed by atoms with Gasteiger partial charge in [-0.05, 0) is 102 Å². The average molecular weight is 615 g/mol. The first-order valence-corrected chi connectivity index (χ1v) is 18.8. The molecule has 0 N–H and O–H groups in total. The topological polar surface area (TPSA) is 0 Å². The predicted octanol–water partition coefficient (Wildman–Crippen LogP) is 16.2. The SMILES string of the molecule is C=C(C)/C=C/C.C=CC.CC.CC1CCC(C)CC1.CCC/C=C(C)\C=C(\C)C(C)(C)CC(C)CC1CC(C)C1.CCCC. The van der Waals surface area contributed by atoms with Gasteiger partial charge in [-0.3, -0.25) is 0 Å². The molecule has 0 saturated heterocycles. The maximum Gasteiger partial charge on any atom is -0.0142 e. The van der Waals surface area contributed by atoms with Gasteiger partial charge in [0.1, 0.15) is 0 Å². The van der Waals surface area contributed by atoms with Crippen LogP contribution in [0.1, 0.15) is 188 Å². The van der Waals surface area contributed by atoms with Gasteiger partial charge in [0.15, 0.2) is 0 Å². The lowest BCUT2D eigenvalue weighted by atomic mass is 9.69. The van der Waals surface area contributed by atoms with Gasteiger partial charge in [-0.15, -0.1) is 6.58 Å². The number of hydrogen-bond donors (Lipinski definition) is 0. The van der Waals surface area contributed by atoms with Gasteiger partial charge in [0.25, 0.3) is 0 Å². The third-order valence-electron chi connectivity index (χ3n) is 8.59. The van der Waals surface area contributed by atoms with Crippen LogP contribution in [-0.2, 0) is 0 Å². The molecular formula is C44H86. The first-order valence-electron chi connectivity index (χ1n) is 18.8. The van der Waals surface area contributed by atoms with E-state index in [2.05, 4.69) is 101 Å². The Morgan fingerprint density at radius 1 is 0.818 bits per heavy atom. The van der Waals surface area contributed by atoms with Crippen molar-refractivity contribution in [2.75, 3.05) is 0 Å². The van der Waals surface area contributed by atoms with Crippen LogP contribution in [0, 0.1) is 35.0 Å². The fourth-order valence-corrected chi connectivity index (χ4v) is 5.63. The molecule has 2 rings (SSSR count). The molecule has 0 aromatic heterocycles. The number of hydrogen-bond acceptors (Lipinski definition) is 0. The van der Waals surface area contributed by atoms with Gasteiger partial charge in [0.2, 0.25) is 0 Å².